The summed E-state index contributed by atoms with van der Waals surface area (Å²) in [6.45, 7) is 13.6. The van der Waals surface area contributed by atoms with Gasteiger partial charge in [-0.25, -0.2) is 9.67 Å². The lowest BCUT2D eigenvalue weighted by Crippen LogP contribution is -2.50. The molecule has 2 bridgehead atoms. The van der Waals surface area contributed by atoms with E-state index in [0.717, 1.165) is 24.8 Å². The summed E-state index contributed by atoms with van der Waals surface area (Å²) in [4.78, 5) is 4.45. The molecule has 1 aromatic rings. The molecule has 1 aromatic heterocycles. The van der Waals surface area contributed by atoms with Crippen molar-refractivity contribution in [3.05, 3.63) is 12.2 Å². The van der Waals surface area contributed by atoms with E-state index < -0.39 is 0 Å². The third-order valence-corrected chi connectivity index (χ3v) is 5.97. The minimum Gasteiger partial charge on any atom is -0.306 e. The fourth-order valence-electron chi connectivity index (χ4n) is 4.93. The second-order valence-electron chi connectivity index (χ2n) is 8.48. The SMILES string of the molecule is CC(C)Cn1ncnc1CNC1C2(C)CCC(C2)C1(C)C. The zero-order valence-electron chi connectivity index (χ0n) is 14.2. The Labute approximate surface area is 128 Å². The van der Waals surface area contributed by atoms with Gasteiger partial charge in [-0.1, -0.05) is 34.6 Å². The van der Waals surface area contributed by atoms with Gasteiger partial charge >= 0.3 is 0 Å². The van der Waals surface area contributed by atoms with Gasteiger partial charge in [-0.15, -0.1) is 0 Å². The van der Waals surface area contributed by atoms with Gasteiger partial charge in [0.15, 0.2) is 0 Å². The molecule has 0 spiro atoms. The molecule has 1 heterocycles. The second kappa shape index (κ2) is 5.08. The van der Waals surface area contributed by atoms with Gasteiger partial charge < -0.3 is 5.32 Å². The van der Waals surface area contributed by atoms with Gasteiger partial charge in [0.05, 0.1) is 6.54 Å². The van der Waals surface area contributed by atoms with E-state index in [1.807, 2.05) is 0 Å². The highest BCUT2D eigenvalue weighted by Crippen LogP contribution is 2.62. The first kappa shape index (κ1) is 15.0. The zero-order valence-corrected chi connectivity index (χ0v) is 14.2. The topological polar surface area (TPSA) is 42.7 Å². The quantitative estimate of drug-likeness (QED) is 0.905. The van der Waals surface area contributed by atoms with Gasteiger partial charge in [-0.05, 0) is 41.9 Å². The van der Waals surface area contributed by atoms with Crippen molar-refractivity contribution >= 4 is 0 Å². The summed E-state index contributed by atoms with van der Waals surface area (Å²) in [5, 5.41) is 8.21. The zero-order chi connectivity index (χ0) is 15.3. The van der Waals surface area contributed by atoms with Gasteiger partial charge in [0.1, 0.15) is 12.2 Å². The number of rotatable bonds is 5. The van der Waals surface area contributed by atoms with E-state index in [2.05, 4.69) is 54.7 Å². The molecule has 0 radical (unpaired) electrons. The lowest BCUT2D eigenvalue weighted by atomic mass is 9.68. The Morgan fingerprint density at radius 1 is 1.38 bits per heavy atom. The molecule has 2 aliphatic carbocycles. The maximum absolute atomic E-state index is 4.45. The minimum atomic E-state index is 0.399. The number of nitrogens with one attached hydrogen (secondary N) is 1. The van der Waals surface area contributed by atoms with Crippen molar-refractivity contribution in [2.24, 2.45) is 22.7 Å². The predicted molar refractivity (Wildman–Crippen MR) is 84.7 cm³/mol. The molecule has 21 heavy (non-hydrogen) atoms. The van der Waals surface area contributed by atoms with Crippen LogP contribution in [0.4, 0.5) is 0 Å². The first-order chi connectivity index (χ1) is 9.83. The van der Waals surface area contributed by atoms with Gasteiger partial charge in [-0.3, -0.25) is 0 Å². The molecule has 3 rings (SSSR count). The molecule has 3 atom stereocenters. The van der Waals surface area contributed by atoms with Crippen molar-refractivity contribution in [2.45, 2.75) is 73.0 Å². The van der Waals surface area contributed by atoms with Gasteiger partial charge in [0.25, 0.3) is 0 Å². The summed E-state index contributed by atoms with van der Waals surface area (Å²) in [6.07, 6.45) is 5.85. The van der Waals surface area contributed by atoms with Crippen LogP contribution < -0.4 is 5.32 Å². The first-order valence-electron chi connectivity index (χ1n) is 8.43. The largest absolute Gasteiger partial charge is 0.306 e. The van der Waals surface area contributed by atoms with Gasteiger partial charge in [-0.2, -0.15) is 5.10 Å². The highest BCUT2D eigenvalue weighted by Gasteiger charge is 2.58. The van der Waals surface area contributed by atoms with Crippen LogP contribution in [0.3, 0.4) is 0 Å². The number of nitrogens with zero attached hydrogens (tertiary/aromatic N) is 3. The van der Waals surface area contributed by atoms with Gasteiger partial charge in [0, 0.05) is 12.6 Å². The van der Waals surface area contributed by atoms with E-state index in [9.17, 15) is 0 Å². The highest BCUT2D eigenvalue weighted by molar-refractivity contribution is 5.12. The van der Waals surface area contributed by atoms with Crippen LogP contribution in [0, 0.1) is 22.7 Å². The Balaban J connectivity index is 1.69. The Bertz CT molecular complexity index is 500. The average Bonchev–Trinajstić information content (AvgIpc) is 3.00. The maximum atomic E-state index is 4.45. The molecule has 0 aliphatic heterocycles. The minimum absolute atomic E-state index is 0.399. The highest BCUT2D eigenvalue weighted by atomic mass is 15.3. The maximum Gasteiger partial charge on any atom is 0.140 e. The Kier molecular flexibility index (Phi) is 3.63. The fraction of sp³-hybridized carbons (Fsp3) is 0.882. The van der Waals surface area contributed by atoms with E-state index in [0.29, 0.717) is 22.8 Å². The predicted octanol–water partition coefficient (Wildman–Crippen LogP) is 3.24. The van der Waals surface area contributed by atoms with Crippen LogP contribution in [0.25, 0.3) is 0 Å². The van der Waals surface area contributed by atoms with E-state index in [4.69, 9.17) is 0 Å². The average molecular weight is 290 g/mol. The summed E-state index contributed by atoms with van der Waals surface area (Å²) >= 11 is 0. The van der Waals surface area contributed by atoms with Crippen molar-refractivity contribution in [3.8, 4) is 0 Å². The van der Waals surface area contributed by atoms with Crippen LogP contribution in [0.2, 0.25) is 0 Å². The van der Waals surface area contributed by atoms with Crippen LogP contribution in [-0.4, -0.2) is 20.8 Å². The number of aromatic nitrogens is 3. The molecule has 0 amide bonds. The lowest BCUT2D eigenvalue weighted by Gasteiger charge is -2.43. The molecule has 0 aromatic carbocycles. The van der Waals surface area contributed by atoms with Crippen LogP contribution in [-0.2, 0) is 13.1 Å². The van der Waals surface area contributed by atoms with Crippen molar-refractivity contribution < 1.29 is 0 Å². The van der Waals surface area contributed by atoms with Crippen molar-refractivity contribution in [1.82, 2.24) is 20.1 Å². The first-order valence-corrected chi connectivity index (χ1v) is 8.43. The molecule has 118 valence electrons. The lowest BCUT2D eigenvalue weighted by molar-refractivity contribution is 0.107. The van der Waals surface area contributed by atoms with Gasteiger partial charge in [0.2, 0.25) is 0 Å². The Hall–Kier alpha value is -0.900. The fourth-order valence-corrected chi connectivity index (χ4v) is 4.93. The van der Waals surface area contributed by atoms with Crippen molar-refractivity contribution in [3.63, 3.8) is 0 Å². The number of hydrogen-bond donors (Lipinski definition) is 1. The molecule has 2 aliphatic rings. The molecule has 2 saturated carbocycles. The monoisotopic (exact) mass is 290 g/mol. The molecule has 2 fully saturated rings. The molecule has 4 nitrogen and oxygen atoms in total. The molecular weight excluding hydrogens is 260 g/mol. The van der Waals surface area contributed by atoms with Crippen LogP contribution >= 0.6 is 0 Å². The molecular formula is C17H30N4. The van der Waals surface area contributed by atoms with Crippen LogP contribution in [0.1, 0.15) is 59.7 Å². The Morgan fingerprint density at radius 3 is 2.76 bits per heavy atom. The smallest absolute Gasteiger partial charge is 0.140 e. The van der Waals surface area contributed by atoms with Crippen LogP contribution in [0.5, 0.6) is 0 Å². The molecule has 4 heteroatoms. The summed E-state index contributed by atoms with van der Waals surface area (Å²) < 4.78 is 2.06. The summed E-state index contributed by atoms with van der Waals surface area (Å²) in [6, 6.07) is 0.591. The van der Waals surface area contributed by atoms with E-state index >= 15 is 0 Å². The second-order valence-corrected chi connectivity index (χ2v) is 8.48. The third-order valence-electron chi connectivity index (χ3n) is 5.97. The van der Waals surface area contributed by atoms with Crippen LogP contribution in [0.15, 0.2) is 6.33 Å². The third kappa shape index (κ3) is 2.52. The Morgan fingerprint density at radius 2 is 2.14 bits per heavy atom. The normalized spacial score (nSPS) is 34.0. The molecule has 3 unspecified atom stereocenters. The molecule has 1 N–H and O–H groups in total. The van der Waals surface area contributed by atoms with Crippen molar-refractivity contribution in [2.75, 3.05) is 0 Å². The van der Waals surface area contributed by atoms with Crippen molar-refractivity contribution in [1.29, 1.82) is 0 Å². The summed E-state index contributed by atoms with van der Waals surface area (Å²) in [5.74, 6) is 2.56. The molecule has 0 saturated heterocycles. The standard InChI is InChI=1S/C17H30N4/c1-12(2)10-21-14(19-11-20-21)9-18-15-16(3,4)13-6-7-17(15,5)8-13/h11-13,15,18H,6-10H2,1-5H3. The van der Waals surface area contributed by atoms with E-state index in [-0.39, 0.29) is 0 Å². The van der Waals surface area contributed by atoms with E-state index in [1.54, 1.807) is 6.33 Å². The van der Waals surface area contributed by atoms with E-state index in [1.165, 1.54) is 19.3 Å². The summed E-state index contributed by atoms with van der Waals surface area (Å²) in [5.41, 5.74) is 0.868. The number of hydrogen-bond acceptors (Lipinski definition) is 3. The number of fused-ring (bicyclic) bond motifs is 2. The summed E-state index contributed by atoms with van der Waals surface area (Å²) in [7, 11) is 0.